The number of carbonyl (C=O) groups excluding carboxylic acids is 1. The van der Waals surface area contributed by atoms with Crippen LogP contribution in [-0.2, 0) is 4.74 Å². The Morgan fingerprint density at radius 1 is 1.37 bits per heavy atom. The topological polar surface area (TPSA) is 93.9 Å². The zero-order valence-electron chi connectivity index (χ0n) is 16.7. The predicted octanol–water partition coefficient (Wildman–Crippen LogP) is 2.61. The first kappa shape index (κ1) is 21.1. The normalized spacial score (nSPS) is 20.9. The summed E-state index contributed by atoms with van der Waals surface area (Å²) in [7, 11) is 0. The number of amides is 1. The van der Waals surface area contributed by atoms with Crippen molar-refractivity contribution in [2.45, 2.75) is 52.4 Å². The number of nitro groups is 1. The van der Waals surface area contributed by atoms with E-state index in [1.54, 1.807) is 13.0 Å². The number of nitro benzene ring substituents is 1. The molecule has 1 saturated heterocycles. The molecule has 1 aliphatic rings. The van der Waals surface area contributed by atoms with Gasteiger partial charge in [-0.15, -0.1) is 0 Å². The van der Waals surface area contributed by atoms with Crippen molar-refractivity contribution in [3.63, 3.8) is 0 Å². The van der Waals surface area contributed by atoms with Crippen molar-refractivity contribution in [2.24, 2.45) is 0 Å². The van der Waals surface area contributed by atoms with Gasteiger partial charge in [-0.3, -0.25) is 19.8 Å². The van der Waals surface area contributed by atoms with Crippen molar-refractivity contribution >= 4 is 11.6 Å². The zero-order chi connectivity index (χ0) is 20.2. The third-order valence-electron chi connectivity index (χ3n) is 4.67. The molecule has 0 aromatic heterocycles. The Hall–Kier alpha value is -2.19. The zero-order valence-corrected chi connectivity index (χ0v) is 16.7. The first-order chi connectivity index (χ1) is 12.6. The van der Waals surface area contributed by atoms with Crippen LogP contribution in [0.15, 0.2) is 18.2 Å². The summed E-state index contributed by atoms with van der Waals surface area (Å²) in [6.07, 6.45) is 0.273. The molecule has 2 atom stereocenters. The van der Waals surface area contributed by atoms with Crippen LogP contribution >= 0.6 is 0 Å². The lowest BCUT2D eigenvalue weighted by atomic mass is 10.00. The Morgan fingerprint density at radius 2 is 2.00 bits per heavy atom. The van der Waals surface area contributed by atoms with Crippen molar-refractivity contribution in [3.05, 3.63) is 33.9 Å². The second kappa shape index (κ2) is 8.67. The second-order valence-electron chi connectivity index (χ2n) is 7.53. The van der Waals surface area contributed by atoms with Gasteiger partial charge in [0.15, 0.2) is 5.75 Å². The SMILES string of the molecule is CCOc1ccc(C(=O)NCC(C)(C)N2CC(C)OC(C)C2)cc1[N+](=O)[O-]. The summed E-state index contributed by atoms with van der Waals surface area (Å²) in [6, 6.07) is 4.26. The fraction of sp³-hybridized carbons (Fsp3) is 0.632. The number of rotatable bonds is 7. The van der Waals surface area contributed by atoms with E-state index in [9.17, 15) is 14.9 Å². The fourth-order valence-corrected chi connectivity index (χ4v) is 3.26. The minimum absolute atomic E-state index is 0.137. The molecule has 1 aromatic rings. The molecule has 8 nitrogen and oxygen atoms in total. The van der Waals surface area contributed by atoms with Crippen molar-refractivity contribution < 1.29 is 19.2 Å². The van der Waals surface area contributed by atoms with Crippen molar-refractivity contribution in [1.82, 2.24) is 10.2 Å². The van der Waals surface area contributed by atoms with Gasteiger partial charge in [-0.25, -0.2) is 0 Å². The highest BCUT2D eigenvalue weighted by molar-refractivity contribution is 5.95. The van der Waals surface area contributed by atoms with Gasteiger partial charge in [0.1, 0.15) is 0 Å². The summed E-state index contributed by atoms with van der Waals surface area (Å²) >= 11 is 0. The molecule has 0 saturated carbocycles. The summed E-state index contributed by atoms with van der Waals surface area (Å²) in [5.41, 5.74) is -0.233. The first-order valence-corrected chi connectivity index (χ1v) is 9.24. The number of benzene rings is 1. The third kappa shape index (κ3) is 5.40. The minimum atomic E-state index is -0.539. The number of nitrogens with one attached hydrogen (secondary N) is 1. The van der Waals surface area contributed by atoms with Crippen LogP contribution in [0.4, 0.5) is 5.69 Å². The lowest BCUT2D eigenvalue weighted by molar-refractivity contribution is -0.385. The molecule has 1 N–H and O–H groups in total. The molecule has 2 rings (SSSR count). The summed E-state index contributed by atoms with van der Waals surface area (Å²) in [4.78, 5) is 25.5. The van der Waals surface area contributed by atoms with E-state index >= 15 is 0 Å². The first-order valence-electron chi connectivity index (χ1n) is 9.24. The van der Waals surface area contributed by atoms with E-state index in [-0.39, 0.29) is 40.7 Å². The smallest absolute Gasteiger partial charge is 0.311 e. The molecule has 1 amide bonds. The highest BCUT2D eigenvalue weighted by Gasteiger charge is 2.33. The fourth-order valence-electron chi connectivity index (χ4n) is 3.26. The molecule has 0 bridgehead atoms. The monoisotopic (exact) mass is 379 g/mol. The maximum Gasteiger partial charge on any atom is 0.311 e. The average molecular weight is 379 g/mol. The summed E-state index contributed by atoms with van der Waals surface area (Å²) in [6.45, 7) is 12.3. The van der Waals surface area contributed by atoms with Gasteiger partial charge in [-0.05, 0) is 46.8 Å². The highest BCUT2D eigenvalue weighted by atomic mass is 16.6. The summed E-state index contributed by atoms with van der Waals surface area (Å²) in [5, 5.41) is 14.1. The number of hydrogen-bond donors (Lipinski definition) is 1. The molecule has 8 heteroatoms. The number of nitrogens with zero attached hydrogens (tertiary/aromatic N) is 2. The van der Waals surface area contributed by atoms with E-state index in [0.717, 1.165) is 13.1 Å². The largest absolute Gasteiger partial charge is 0.487 e. The standard InChI is InChI=1S/C19H29N3O5/c1-6-26-17-8-7-15(9-16(17)22(24)25)18(23)20-12-19(4,5)21-10-13(2)27-14(3)11-21/h7-9,13-14H,6,10-12H2,1-5H3,(H,20,23). The molecule has 2 unspecified atom stereocenters. The number of carbonyl (C=O) groups is 1. The average Bonchev–Trinajstić information content (AvgIpc) is 2.59. The predicted molar refractivity (Wildman–Crippen MR) is 102 cm³/mol. The molecule has 0 aliphatic carbocycles. The van der Waals surface area contributed by atoms with E-state index in [2.05, 4.69) is 24.1 Å². The van der Waals surface area contributed by atoms with Crippen LogP contribution in [0, 0.1) is 10.1 Å². The van der Waals surface area contributed by atoms with Gasteiger partial charge in [0.05, 0.1) is 23.7 Å². The Kier molecular flexibility index (Phi) is 6.78. The van der Waals surface area contributed by atoms with Gasteiger partial charge < -0.3 is 14.8 Å². The second-order valence-corrected chi connectivity index (χ2v) is 7.53. The van der Waals surface area contributed by atoms with Crippen LogP contribution in [0.2, 0.25) is 0 Å². The lowest BCUT2D eigenvalue weighted by Crippen LogP contribution is -2.58. The Bertz CT molecular complexity index is 682. The Labute approximate surface area is 160 Å². The molecule has 1 aliphatic heterocycles. The number of hydrogen-bond acceptors (Lipinski definition) is 6. The van der Waals surface area contributed by atoms with E-state index in [1.807, 2.05) is 13.8 Å². The maximum absolute atomic E-state index is 12.5. The quantitative estimate of drug-likeness (QED) is 0.578. The molecule has 0 spiro atoms. The van der Waals surface area contributed by atoms with Crippen molar-refractivity contribution in [1.29, 1.82) is 0 Å². The number of ether oxygens (including phenoxy) is 2. The van der Waals surface area contributed by atoms with Gasteiger partial charge in [-0.1, -0.05) is 0 Å². The van der Waals surface area contributed by atoms with Gasteiger partial charge in [0.25, 0.3) is 5.91 Å². The molecule has 1 heterocycles. The molecule has 150 valence electrons. The molecule has 0 radical (unpaired) electrons. The molecule has 1 fully saturated rings. The van der Waals surface area contributed by atoms with Gasteiger partial charge in [-0.2, -0.15) is 0 Å². The highest BCUT2D eigenvalue weighted by Crippen LogP contribution is 2.28. The summed E-state index contributed by atoms with van der Waals surface area (Å²) in [5.74, 6) is -0.181. The van der Waals surface area contributed by atoms with Crippen LogP contribution < -0.4 is 10.1 Å². The molecular weight excluding hydrogens is 350 g/mol. The molecule has 1 aromatic carbocycles. The van der Waals surface area contributed by atoms with Crippen LogP contribution in [-0.4, -0.2) is 59.7 Å². The van der Waals surface area contributed by atoms with Gasteiger partial charge in [0.2, 0.25) is 0 Å². The Balaban J connectivity index is 2.06. The van der Waals surface area contributed by atoms with E-state index in [4.69, 9.17) is 9.47 Å². The van der Waals surface area contributed by atoms with E-state index in [1.165, 1.54) is 12.1 Å². The third-order valence-corrected chi connectivity index (χ3v) is 4.67. The van der Waals surface area contributed by atoms with Crippen molar-refractivity contribution in [3.8, 4) is 5.75 Å². The van der Waals surface area contributed by atoms with Crippen LogP contribution in [0.5, 0.6) is 5.75 Å². The summed E-state index contributed by atoms with van der Waals surface area (Å²) < 4.78 is 11.0. The van der Waals surface area contributed by atoms with Crippen LogP contribution in [0.1, 0.15) is 45.0 Å². The molecule has 27 heavy (non-hydrogen) atoms. The van der Waals surface area contributed by atoms with E-state index in [0.29, 0.717) is 13.2 Å². The van der Waals surface area contributed by atoms with Crippen LogP contribution in [0.3, 0.4) is 0 Å². The maximum atomic E-state index is 12.5. The van der Waals surface area contributed by atoms with Crippen molar-refractivity contribution in [2.75, 3.05) is 26.2 Å². The number of morpholine rings is 1. The van der Waals surface area contributed by atoms with Gasteiger partial charge in [0, 0.05) is 36.8 Å². The Morgan fingerprint density at radius 3 is 2.56 bits per heavy atom. The van der Waals surface area contributed by atoms with Gasteiger partial charge >= 0.3 is 5.69 Å². The molecular formula is C19H29N3O5. The van der Waals surface area contributed by atoms with E-state index < -0.39 is 4.92 Å². The minimum Gasteiger partial charge on any atom is -0.487 e. The van der Waals surface area contributed by atoms with Crippen LogP contribution in [0.25, 0.3) is 0 Å². The lowest BCUT2D eigenvalue weighted by Gasteiger charge is -2.45.